The maximum atomic E-state index is 10.8. The molecule has 0 aliphatic rings. The van der Waals surface area contributed by atoms with Gasteiger partial charge in [0, 0.05) is 18.5 Å². The minimum Gasteiger partial charge on any atom is -0.359 e. The van der Waals surface area contributed by atoms with E-state index in [4.69, 9.17) is 11.6 Å². The van der Waals surface area contributed by atoms with Crippen LogP contribution in [0.5, 0.6) is 0 Å². The van der Waals surface area contributed by atoms with Gasteiger partial charge in [-0.2, -0.15) is 10.2 Å². The second-order valence-electron chi connectivity index (χ2n) is 3.35. The Morgan fingerprint density at radius 1 is 1.50 bits per heavy atom. The van der Waals surface area contributed by atoms with Crippen LogP contribution >= 0.6 is 11.6 Å². The number of hydrogen-bond donors (Lipinski definition) is 1. The molecule has 0 saturated heterocycles. The van der Waals surface area contributed by atoms with E-state index in [1.54, 1.807) is 18.3 Å². The number of pyridine rings is 1. The van der Waals surface area contributed by atoms with Crippen LogP contribution in [0.2, 0.25) is 5.02 Å². The predicted molar refractivity (Wildman–Crippen MR) is 65.3 cm³/mol. The Balaban J connectivity index is 2.17. The lowest BCUT2D eigenvalue weighted by molar-refractivity contribution is -0.384. The smallest absolute Gasteiger partial charge is 0.312 e. The standard InChI is InChI=1S/C10H8ClN5O2/c11-7-4-9(16(17)18)10(12-5-7)13-6-8-2-1-3-14-15-8/h1-5H,6H2,(H,12,13). The van der Waals surface area contributed by atoms with E-state index in [9.17, 15) is 10.1 Å². The Morgan fingerprint density at radius 2 is 2.33 bits per heavy atom. The van der Waals surface area contributed by atoms with Gasteiger partial charge in [-0.1, -0.05) is 11.6 Å². The first-order valence-electron chi connectivity index (χ1n) is 4.97. The average molecular weight is 266 g/mol. The topological polar surface area (TPSA) is 93.8 Å². The summed E-state index contributed by atoms with van der Waals surface area (Å²) in [4.78, 5) is 14.2. The molecule has 0 aliphatic heterocycles. The quantitative estimate of drug-likeness (QED) is 0.671. The molecule has 0 fully saturated rings. The molecule has 0 spiro atoms. The van der Waals surface area contributed by atoms with Gasteiger partial charge in [0.25, 0.3) is 0 Å². The number of nitrogens with zero attached hydrogens (tertiary/aromatic N) is 4. The van der Waals surface area contributed by atoms with Crippen molar-refractivity contribution < 1.29 is 4.92 Å². The summed E-state index contributed by atoms with van der Waals surface area (Å²) in [7, 11) is 0. The molecule has 2 heterocycles. The summed E-state index contributed by atoms with van der Waals surface area (Å²) in [5, 5.41) is 21.4. The van der Waals surface area contributed by atoms with Crippen LogP contribution in [0.1, 0.15) is 5.69 Å². The summed E-state index contributed by atoms with van der Waals surface area (Å²) in [5.41, 5.74) is 0.481. The van der Waals surface area contributed by atoms with Crippen LogP contribution in [-0.2, 0) is 6.54 Å². The van der Waals surface area contributed by atoms with E-state index in [1.807, 2.05) is 0 Å². The van der Waals surface area contributed by atoms with Crippen LogP contribution in [0.4, 0.5) is 11.5 Å². The Kier molecular flexibility index (Phi) is 3.63. The van der Waals surface area contributed by atoms with Gasteiger partial charge >= 0.3 is 5.69 Å². The third-order valence-electron chi connectivity index (χ3n) is 2.10. The van der Waals surface area contributed by atoms with Crippen molar-refractivity contribution in [3.05, 3.63) is 51.4 Å². The molecular formula is C10H8ClN5O2. The number of hydrogen-bond acceptors (Lipinski definition) is 6. The summed E-state index contributed by atoms with van der Waals surface area (Å²) in [5.74, 6) is 0.148. The summed E-state index contributed by atoms with van der Waals surface area (Å²) >= 11 is 5.66. The summed E-state index contributed by atoms with van der Waals surface area (Å²) in [6.45, 7) is 0.295. The molecule has 8 heteroatoms. The van der Waals surface area contributed by atoms with Crippen molar-refractivity contribution in [2.45, 2.75) is 6.54 Å². The summed E-state index contributed by atoms with van der Waals surface area (Å²) in [6, 6.07) is 4.73. The molecule has 92 valence electrons. The van der Waals surface area contributed by atoms with Crippen molar-refractivity contribution in [2.24, 2.45) is 0 Å². The van der Waals surface area contributed by atoms with Crippen LogP contribution in [0, 0.1) is 10.1 Å². The number of rotatable bonds is 4. The van der Waals surface area contributed by atoms with Crippen molar-refractivity contribution in [2.75, 3.05) is 5.32 Å². The van der Waals surface area contributed by atoms with E-state index in [-0.39, 0.29) is 16.5 Å². The van der Waals surface area contributed by atoms with E-state index in [0.29, 0.717) is 12.2 Å². The molecule has 18 heavy (non-hydrogen) atoms. The molecule has 0 bridgehead atoms. The summed E-state index contributed by atoms with van der Waals surface area (Å²) in [6.07, 6.45) is 2.89. The molecule has 0 saturated carbocycles. The molecule has 0 atom stereocenters. The monoisotopic (exact) mass is 265 g/mol. The van der Waals surface area contributed by atoms with Crippen LogP contribution in [0.25, 0.3) is 0 Å². The Morgan fingerprint density at radius 3 is 3.00 bits per heavy atom. The molecule has 0 unspecified atom stereocenters. The molecule has 0 aromatic carbocycles. The first-order chi connectivity index (χ1) is 8.66. The minimum atomic E-state index is -0.544. The lowest BCUT2D eigenvalue weighted by Gasteiger charge is -2.05. The maximum Gasteiger partial charge on any atom is 0.312 e. The minimum absolute atomic E-state index is 0.148. The molecule has 0 aliphatic carbocycles. The van der Waals surface area contributed by atoms with Gasteiger partial charge in [-0.25, -0.2) is 4.98 Å². The number of halogens is 1. The molecule has 2 aromatic rings. The Bertz CT molecular complexity index is 563. The highest BCUT2D eigenvalue weighted by atomic mass is 35.5. The lowest BCUT2D eigenvalue weighted by Crippen LogP contribution is -2.06. The van der Waals surface area contributed by atoms with E-state index < -0.39 is 4.92 Å². The predicted octanol–water partition coefficient (Wildman–Crippen LogP) is 2.05. The van der Waals surface area contributed by atoms with Crippen LogP contribution in [0.3, 0.4) is 0 Å². The van der Waals surface area contributed by atoms with Gasteiger partial charge in [0.1, 0.15) is 0 Å². The highest BCUT2D eigenvalue weighted by Gasteiger charge is 2.15. The molecular weight excluding hydrogens is 258 g/mol. The van der Waals surface area contributed by atoms with Crippen molar-refractivity contribution in [1.29, 1.82) is 0 Å². The van der Waals surface area contributed by atoms with Crippen molar-refractivity contribution in [3.8, 4) is 0 Å². The third-order valence-corrected chi connectivity index (χ3v) is 2.30. The van der Waals surface area contributed by atoms with Gasteiger partial charge in [-0.05, 0) is 12.1 Å². The Labute approximate surface area is 107 Å². The highest BCUT2D eigenvalue weighted by molar-refractivity contribution is 6.30. The van der Waals surface area contributed by atoms with Crippen molar-refractivity contribution in [1.82, 2.24) is 15.2 Å². The van der Waals surface area contributed by atoms with E-state index in [1.165, 1.54) is 12.3 Å². The normalized spacial score (nSPS) is 10.1. The van der Waals surface area contributed by atoms with Gasteiger partial charge in [0.2, 0.25) is 5.82 Å². The number of nitrogens with one attached hydrogen (secondary N) is 1. The second-order valence-corrected chi connectivity index (χ2v) is 3.78. The van der Waals surface area contributed by atoms with Crippen molar-refractivity contribution >= 4 is 23.1 Å². The molecule has 1 N–H and O–H groups in total. The van der Waals surface area contributed by atoms with E-state index in [2.05, 4.69) is 20.5 Å². The van der Waals surface area contributed by atoms with Crippen LogP contribution < -0.4 is 5.32 Å². The largest absolute Gasteiger partial charge is 0.359 e. The number of nitro groups is 1. The lowest BCUT2D eigenvalue weighted by atomic mass is 10.3. The molecule has 7 nitrogen and oxygen atoms in total. The molecule has 2 aromatic heterocycles. The average Bonchev–Trinajstić information content (AvgIpc) is 2.38. The zero-order valence-electron chi connectivity index (χ0n) is 9.08. The van der Waals surface area contributed by atoms with Crippen LogP contribution in [0.15, 0.2) is 30.6 Å². The number of aromatic nitrogens is 3. The van der Waals surface area contributed by atoms with Gasteiger partial charge in [0.05, 0.1) is 22.2 Å². The van der Waals surface area contributed by atoms with Crippen LogP contribution in [-0.4, -0.2) is 20.1 Å². The fraction of sp³-hybridized carbons (Fsp3) is 0.100. The van der Waals surface area contributed by atoms with Crippen molar-refractivity contribution in [3.63, 3.8) is 0 Å². The number of anilines is 1. The zero-order chi connectivity index (χ0) is 13.0. The fourth-order valence-corrected chi connectivity index (χ4v) is 1.46. The second kappa shape index (κ2) is 5.37. The van der Waals surface area contributed by atoms with E-state index >= 15 is 0 Å². The third kappa shape index (κ3) is 2.89. The SMILES string of the molecule is O=[N+]([O-])c1cc(Cl)cnc1NCc1cccnn1. The Hall–Kier alpha value is -2.28. The molecule has 0 radical (unpaired) electrons. The fourth-order valence-electron chi connectivity index (χ4n) is 1.31. The molecule has 2 rings (SSSR count). The van der Waals surface area contributed by atoms with Gasteiger partial charge < -0.3 is 5.32 Å². The first-order valence-corrected chi connectivity index (χ1v) is 5.35. The molecule has 0 amide bonds. The first kappa shape index (κ1) is 12.2. The maximum absolute atomic E-state index is 10.8. The zero-order valence-corrected chi connectivity index (χ0v) is 9.83. The van der Waals surface area contributed by atoms with E-state index in [0.717, 1.165) is 0 Å². The van der Waals surface area contributed by atoms with Gasteiger partial charge in [0.15, 0.2) is 0 Å². The summed E-state index contributed by atoms with van der Waals surface area (Å²) < 4.78 is 0. The van der Waals surface area contributed by atoms with Gasteiger partial charge in [-0.15, -0.1) is 0 Å². The van der Waals surface area contributed by atoms with Gasteiger partial charge in [-0.3, -0.25) is 10.1 Å². The highest BCUT2D eigenvalue weighted by Crippen LogP contribution is 2.25.